The fourth-order valence-electron chi connectivity index (χ4n) is 2.59. The predicted molar refractivity (Wildman–Crippen MR) is 72.5 cm³/mol. The first-order valence-corrected chi connectivity index (χ1v) is 6.51. The van der Waals surface area contributed by atoms with E-state index in [1.807, 2.05) is 18.2 Å². The van der Waals surface area contributed by atoms with Crippen molar-refractivity contribution in [3.63, 3.8) is 0 Å². The van der Waals surface area contributed by atoms with E-state index in [0.717, 1.165) is 18.5 Å². The number of benzene rings is 1. The Morgan fingerprint density at radius 3 is 2.56 bits per heavy atom. The second-order valence-corrected chi connectivity index (χ2v) is 5.21. The molecule has 18 heavy (non-hydrogen) atoms. The second kappa shape index (κ2) is 5.41. The maximum absolute atomic E-state index is 8.95. The van der Waals surface area contributed by atoms with Crippen LogP contribution in [-0.4, -0.2) is 18.2 Å². The number of hydrogen-bond acceptors (Lipinski definition) is 3. The molecule has 0 spiro atoms. The van der Waals surface area contributed by atoms with Gasteiger partial charge in [0.15, 0.2) is 0 Å². The predicted octanol–water partition coefficient (Wildman–Crippen LogP) is 3.23. The fraction of sp³-hybridized carbons (Fsp3) is 0.533. The lowest BCUT2D eigenvalue weighted by atomic mass is 9.99. The van der Waals surface area contributed by atoms with E-state index in [9.17, 15) is 0 Å². The Morgan fingerprint density at radius 2 is 1.94 bits per heavy atom. The Hall–Kier alpha value is -1.53. The summed E-state index contributed by atoms with van der Waals surface area (Å²) in [7, 11) is 0. The molecule has 1 aromatic rings. The molecule has 2 rings (SSSR count). The summed E-state index contributed by atoms with van der Waals surface area (Å²) in [6.45, 7) is 6.29. The van der Waals surface area contributed by atoms with Gasteiger partial charge >= 0.3 is 0 Å². The molecule has 0 radical (unpaired) electrons. The Kier molecular flexibility index (Phi) is 3.88. The van der Waals surface area contributed by atoms with Gasteiger partial charge in [-0.05, 0) is 51.3 Å². The van der Waals surface area contributed by atoms with E-state index in [1.165, 1.54) is 5.56 Å². The van der Waals surface area contributed by atoms with Crippen molar-refractivity contribution in [3.8, 4) is 6.07 Å². The molecule has 1 heterocycles. The highest BCUT2D eigenvalue weighted by molar-refractivity contribution is 5.55. The zero-order valence-corrected chi connectivity index (χ0v) is 11.2. The summed E-state index contributed by atoms with van der Waals surface area (Å²) in [6, 6.07) is 8.39. The summed E-state index contributed by atoms with van der Waals surface area (Å²) in [4.78, 5) is 0. The van der Waals surface area contributed by atoms with E-state index in [-0.39, 0.29) is 0 Å². The molecule has 1 aromatic carbocycles. The van der Waals surface area contributed by atoms with Gasteiger partial charge in [0.25, 0.3) is 0 Å². The molecule has 0 saturated carbocycles. The van der Waals surface area contributed by atoms with Crippen molar-refractivity contribution in [2.45, 2.75) is 51.9 Å². The second-order valence-electron chi connectivity index (χ2n) is 5.21. The lowest BCUT2D eigenvalue weighted by Crippen LogP contribution is -2.37. The maximum atomic E-state index is 8.95. The molecule has 0 amide bonds. The molecule has 1 saturated heterocycles. The number of hydrogen-bond donors (Lipinski definition) is 1. The zero-order chi connectivity index (χ0) is 13.1. The molecule has 2 atom stereocenters. The molecule has 1 N–H and O–H groups in total. The van der Waals surface area contributed by atoms with Gasteiger partial charge in [-0.15, -0.1) is 0 Å². The number of ether oxygens (including phenoxy) is 1. The highest BCUT2D eigenvalue weighted by Crippen LogP contribution is 2.24. The van der Waals surface area contributed by atoms with Gasteiger partial charge in [-0.1, -0.05) is 6.07 Å². The lowest BCUT2D eigenvalue weighted by molar-refractivity contribution is -0.0337. The number of rotatable bonds is 2. The maximum Gasteiger partial charge on any atom is 0.0992 e. The number of nitrogens with one attached hydrogen (secondary N) is 1. The third-order valence-electron chi connectivity index (χ3n) is 3.42. The third kappa shape index (κ3) is 3.02. The van der Waals surface area contributed by atoms with Crippen LogP contribution in [0.25, 0.3) is 0 Å². The average molecular weight is 244 g/mol. The molecule has 0 aromatic heterocycles. The first-order valence-electron chi connectivity index (χ1n) is 6.51. The summed E-state index contributed by atoms with van der Waals surface area (Å²) in [5, 5.41) is 12.5. The molecular weight excluding hydrogens is 224 g/mol. The SMILES string of the molecule is Cc1ccc(C#N)cc1NC1CC(C)OC(C)C1. The van der Waals surface area contributed by atoms with Crippen LogP contribution in [0.15, 0.2) is 18.2 Å². The monoisotopic (exact) mass is 244 g/mol. The molecule has 0 bridgehead atoms. The van der Waals surface area contributed by atoms with Gasteiger partial charge in [-0.2, -0.15) is 5.26 Å². The van der Waals surface area contributed by atoms with Crippen molar-refractivity contribution < 1.29 is 4.74 Å². The average Bonchev–Trinajstić information content (AvgIpc) is 2.30. The van der Waals surface area contributed by atoms with Crippen molar-refractivity contribution >= 4 is 5.69 Å². The first kappa shape index (κ1) is 12.9. The van der Waals surface area contributed by atoms with Crippen LogP contribution in [0.5, 0.6) is 0 Å². The molecule has 1 aliphatic heterocycles. The molecule has 1 fully saturated rings. The molecule has 96 valence electrons. The molecule has 3 nitrogen and oxygen atoms in total. The van der Waals surface area contributed by atoms with Crippen LogP contribution in [-0.2, 0) is 4.74 Å². The van der Waals surface area contributed by atoms with Crippen LogP contribution in [0.1, 0.15) is 37.8 Å². The highest BCUT2D eigenvalue weighted by atomic mass is 16.5. The van der Waals surface area contributed by atoms with E-state index in [0.29, 0.717) is 23.8 Å². The van der Waals surface area contributed by atoms with Crippen LogP contribution in [0.2, 0.25) is 0 Å². The summed E-state index contributed by atoms with van der Waals surface area (Å²) in [5.41, 5.74) is 2.96. The van der Waals surface area contributed by atoms with Crippen molar-refractivity contribution in [3.05, 3.63) is 29.3 Å². The number of anilines is 1. The van der Waals surface area contributed by atoms with Crippen LogP contribution >= 0.6 is 0 Å². The molecule has 1 aliphatic rings. The van der Waals surface area contributed by atoms with Crippen LogP contribution in [0.4, 0.5) is 5.69 Å². The smallest absolute Gasteiger partial charge is 0.0992 e. The van der Waals surface area contributed by atoms with E-state index >= 15 is 0 Å². The summed E-state index contributed by atoms with van der Waals surface area (Å²) in [6.07, 6.45) is 2.62. The Labute approximate surface area is 109 Å². The normalized spacial score (nSPS) is 27.6. The fourth-order valence-corrected chi connectivity index (χ4v) is 2.59. The van der Waals surface area contributed by atoms with Gasteiger partial charge in [0.05, 0.1) is 23.8 Å². The number of nitriles is 1. The molecule has 2 unspecified atom stereocenters. The van der Waals surface area contributed by atoms with Crippen LogP contribution in [0.3, 0.4) is 0 Å². The molecule has 0 aliphatic carbocycles. The minimum Gasteiger partial charge on any atom is -0.382 e. The van der Waals surface area contributed by atoms with E-state index in [2.05, 4.69) is 32.2 Å². The first-order chi connectivity index (χ1) is 8.58. The molecule has 3 heteroatoms. The third-order valence-corrected chi connectivity index (χ3v) is 3.42. The summed E-state index contributed by atoms with van der Waals surface area (Å²) in [5.74, 6) is 0. The van der Waals surface area contributed by atoms with Gasteiger partial charge in [0.1, 0.15) is 0 Å². The van der Waals surface area contributed by atoms with Crippen molar-refractivity contribution in [1.82, 2.24) is 0 Å². The van der Waals surface area contributed by atoms with Crippen molar-refractivity contribution in [2.75, 3.05) is 5.32 Å². The van der Waals surface area contributed by atoms with Crippen LogP contribution < -0.4 is 5.32 Å². The minimum atomic E-state index is 0.297. The van der Waals surface area contributed by atoms with Crippen molar-refractivity contribution in [1.29, 1.82) is 5.26 Å². The highest BCUT2D eigenvalue weighted by Gasteiger charge is 2.24. The quantitative estimate of drug-likeness (QED) is 0.868. The Balaban J connectivity index is 2.11. The number of nitrogens with zero attached hydrogens (tertiary/aromatic N) is 1. The van der Waals surface area contributed by atoms with E-state index in [4.69, 9.17) is 10.00 Å². The van der Waals surface area contributed by atoms with Gasteiger partial charge in [0, 0.05) is 11.7 Å². The van der Waals surface area contributed by atoms with Gasteiger partial charge in [-0.3, -0.25) is 0 Å². The van der Waals surface area contributed by atoms with Gasteiger partial charge in [-0.25, -0.2) is 0 Å². The Bertz CT molecular complexity index is 454. The van der Waals surface area contributed by atoms with Gasteiger partial charge < -0.3 is 10.1 Å². The van der Waals surface area contributed by atoms with E-state index < -0.39 is 0 Å². The standard InChI is InChI=1S/C15H20N2O/c1-10-4-5-13(9-16)8-15(10)17-14-6-11(2)18-12(3)7-14/h4-5,8,11-12,14,17H,6-7H2,1-3H3. The Morgan fingerprint density at radius 1 is 1.28 bits per heavy atom. The number of aryl methyl sites for hydroxylation is 1. The van der Waals surface area contributed by atoms with Crippen LogP contribution in [0, 0.1) is 18.3 Å². The minimum absolute atomic E-state index is 0.297. The van der Waals surface area contributed by atoms with Gasteiger partial charge in [0.2, 0.25) is 0 Å². The largest absolute Gasteiger partial charge is 0.382 e. The van der Waals surface area contributed by atoms with E-state index in [1.54, 1.807) is 0 Å². The molecular formula is C15H20N2O. The summed E-state index contributed by atoms with van der Waals surface area (Å²) < 4.78 is 5.74. The van der Waals surface area contributed by atoms with Crippen molar-refractivity contribution in [2.24, 2.45) is 0 Å². The zero-order valence-electron chi connectivity index (χ0n) is 11.2. The topological polar surface area (TPSA) is 45.0 Å². The lowest BCUT2D eigenvalue weighted by Gasteiger charge is -2.33. The summed E-state index contributed by atoms with van der Waals surface area (Å²) >= 11 is 0.